The van der Waals surface area contributed by atoms with Gasteiger partial charge in [0.05, 0.1) is 15.9 Å². The number of nitrogens with two attached hydrogens (primary N) is 9. The first kappa shape index (κ1) is 55.9. The van der Waals surface area contributed by atoms with Gasteiger partial charge < -0.3 is 93.1 Å². The van der Waals surface area contributed by atoms with Gasteiger partial charge in [-0.3, -0.25) is 49.0 Å². The standard InChI is InChI=1S/C38H51N23O11/c1-58(2)19-12-10-17(11-13-19)7-6-14-59(28-21(61(71)72)15-20(16-48-28)60(69)70)34(68)33(67)49-22(18-8-4-3-5-9-18)29(63)51-25(55-36(42)43)31(65)53-27(57-38(46)47)32(66)52-26(56-37(44)45)30(64)50-24(23(39)62)54-35(40)41/h3-13,15-16,22,24-27,34,68H,14H2,1-2H3,(H2,39,62)(H,49,67)(H,50,64)(H,51,63)(H,52,66)(H,53,65)(H4,40,41,54)(H4,42,43,55)(H4,44,45,56)(H4,46,47,57). The SMILES string of the molecule is CN(C)c1ccc(C=CCN(c2ncc([N+](=O)[O-])cc2[N+](=O)[O-])C(O)C(=O)NC(C(=O)NC(N=C(N)N)C(=O)NC(N=C(N)N)C(=O)NC(N=C(N)N)C(=O)NC(N=C(N)N)C(N)=O)c2ccccc2)cc1. The molecule has 34 heteroatoms. The number of anilines is 2. The quantitative estimate of drug-likeness (QED) is 0.0130. The molecule has 0 aliphatic heterocycles. The Morgan fingerprint density at radius 1 is 0.653 bits per heavy atom. The first-order chi connectivity index (χ1) is 33.8. The van der Waals surface area contributed by atoms with Crippen molar-refractivity contribution in [2.24, 2.45) is 71.6 Å². The molecule has 0 radical (unpaired) electrons. The molecule has 0 aliphatic carbocycles. The number of guanidine groups is 4. The highest BCUT2D eigenvalue weighted by molar-refractivity contribution is 5.99. The molecule has 0 bridgehead atoms. The Morgan fingerprint density at radius 2 is 1.11 bits per heavy atom. The lowest BCUT2D eigenvalue weighted by Gasteiger charge is -2.29. The van der Waals surface area contributed by atoms with Crippen LogP contribution in [0.2, 0.25) is 0 Å². The fourth-order valence-corrected chi connectivity index (χ4v) is 5.77. The van der Waals surface area contributed by atoms with Crippen LogP contribution in [0.1, 0.15) is 17.2 Å². The third-order valence-electron chi connectivity index (χ3n) is 8.99. The van der Waals surface area contributed by atoms with Crippen molar-refractivity contribution >= 4 is 88.2 Å². The molecule has 34 nitrogen and oxygen atoms in total. The molecule has 24 N–H and O–H groups in total. The number of amides is 6. The number of pyridine rings is 1. The summed E-state index contributed by atoms with van der Waals surface area (Å²) in [6, 6.07) is 12.8. The Bertz CT molecular complexity index is 2650. The molecular weight excluding hydrogens is 955 g/mol. The van der Waals surface area contributed by atoms with E-state index < -0.39 is 130 Å². The summed E-state index contributed by atoms with van der Waals surface area (Å²) in [4.78, 5) is 123. The number of benzene rings is 2. The van der Waals surface area contributed by atoms with Crippen LogP contribution in [0, 0.1) is 20.2 Å². The number of nitrogens with one attached hydrogen (secondary N) is 5. The number of carbonyl (C=O) groups is 6. The number of hydrogen-bond donors (Lipinski definition) is 15. The number of nitro groups is 2. The van der Waals surface area contributed by atoms with E-state index in [4.69, 9.17) is 51.6 Å². The number of rotatable bonds is 24. The van der Waals surface area contributed by atoms with Gasteiger partial charge in [0.1, 0.15) is 12.2 Å². The minimum atomic E-state index is -2.44. The number of aliphatic imine (C=N–C) groups is 4. The van der Waals surface area contributed by atoms with E-state index in [1.165, 1.54) is 36.4 Å². The second kappa shape index (κ2) is 25.6. The summed E-state index contributed by atoms with van der Waals surface area (Å²) >= 11 is 0. The molecule has 2 aromatic carbocycles. The van der Waals surface area contributed by atoms with Crippen molar-refractivity contribution in [1.82, 2.24) is 31.6 Å². The van der Waals surface area contributed by atoms with Crippen LogP contribution in [0.5, 0.6) is 0 Å². The second-order valence-corrected chi connectivity index (χ2v) is 14.6. The van der Waals surface area contributed by atoms with Crippen LogP contribution in [-0.4, -0.2) is 131 Å². The molecule has 0 saturated carbocycles. The molecule has 384 valence electrons. The lowest BCUT2D eigenvalue weighted by molar-refractivity contribution is -0.394. The summed E-state index contributed by atoms with van der Waals surface area (Å²) in [5.74, 6) is -12.1. The highest BCUT2D eigenvalue weighted by Gasteiger charge is 2.36. The van der Waals surface area contributed by atoms with E-state index in [9.17, 15) is 54.1 Å². The van der Waals surface area contributed by atoms with Crippen molar-refractivity contribution in [2.75, 3.05) is 30.4 Å². The summed E-state index contributed by atoms with van der Waals surface area (Å²) in [6.07, 6.45) is -7.29. The Labute approximate surface area is 406 Å². The zero-order valence-corrected chi connectivity index (χ0v) is 37.9. The van der Waals surface area contributed by atoms with Crippen LogP contribution >= 0.6 is 0 Å². The molecular formula is C38H51N23O11. The van der Waals surface area contributed by atoms with Crippen LogP contribution < -0.4 is 88.0 Å². The lowest BCUT2D eigenvalue weighted by atomic mass is 10.1. The fraction of sp³-hybridized carbons (Fsp3) is 0.237. The molecule has 0 fully saturated rings. The fourth-order valence-electron chi connectivity index (χ4n) is 5.77. The number of hydrogen-bond acceptors (Lipinski definition) is 18. The number of aliphatic hydroxyl groups is 1. The minimum absolute atomic E-state index is 0.00769. The van der Waals surface area contributed by atoms with Gasteiger partial charge in [-0.05, 0) is 23.3 Å². The Balaban J connectivity index is 2.01. The van der Waals surface area contributed by atoms with E-state index >= 15 is 0 Å². The van der Waals surface area contributed by atoms with Gasteiger partial charge in [0.2, 0.25) is 42.6 Å². The monoisotopic (exact) mass is 1010 g/mol. The second-order valence-electron chi connectivity index (χ2n) is 14.6. The van der Waals surface area contributed by atoms with Crippen molar-refractivity contribution in [3.63, 3.8) is 0 Å². The molecule has 6 unspecified atom stereocenters. The molecule has 3 rings (SSSR count). The maximum atomic E-state index is 14.2. The van der Waals surface area contributed by atoms with E-state index in [1.807, 2.05) is 34.9 Å². The predicted molar refractivity (Wildman–Crippen MR) is 258 cm³/mol. The Morgan fingerprint density at radius 3 is 1.54 bits per heavy atom. The number of aromatic nitrogens is 1. The van der Waals surface area contributed by atoms with E-state index in [-0.39, 0.29) is 5.56 Å². The Kier molecular flexibility index (Phi) is 19.9. The van der Waals surface area contributed by atoms with Gasteiger partial charge >= 0.3 is 5.69 Å². The van der Waals surface area contributed by atoms with Crippen LogP contribution in [0.15, 0.2) is 92.9 Å². The summed E-state index contributed by atoms with van der Waals surface area (Å²) in [5.41, 5.74) is 48.4. The summed E-state index contributed by atoms with van der Waals surface area (Å²) < 4.78 is 0. The predicted octanol–water partition coefficient (Wildman–Crippen LogP) is -6.99. The molecule has 1 heterocycles. The molecule has 6 atom stereocenters. The van der Waals surface area contributed by atoms with Crippen molar-refractivity contribution in [3.05, 3.63) is 104 Å². The van der Waals surface area contributed by atoms with Gasteiger partial charge in [-0.15, -0.1) is 0 Å². The normalized spacial score (nSPS) is 13.1. The first-order valence-corrected chi connectivity index (χ1v) is 20.2. The van der Waals surface area contributed by atoms with E-state index in [0.29, 0.717) is 22.7 Å². The van der Waals surface area contributed by atoms with E-state index in [1.54, 1.807) is 30.3 Å². The van der Waals surface area contributed by atoms with Gasteiger partial charge in [-0.25, -0.2) is 25.0 Å². The lowest BCUT2D eigenvalue weighted by Crippen LogP contribution is -2.58. The van der Waals surface area contributed by atoms with Gasteiger partial charge in [-0.1, -0.05) is 54.6 Å². The van der Waals surface area contributed by atoms with Gasteiger partial charge in [0, 0.05) is 26.3 Å². The van der Waals surface area contributed by atoms with E-state index in [0.717, 1.165) is 5.69 Å². The maximum Gasteiger partial charge on any atom is 0.318 e. The average Bonchev–Trinajstić information content (AvgIpc) is 3.30. The molecule has 0 saturated heterocycles. The first-order valence-electron chi connectivity index (χ1n) is 20.2. The zero-order chi connectivity index (χ0) is 54.0. The minimum Gasteiger partial charge on any atom is -0.378 e. The molecule has 0 aliphatic rings. The third-order valence-corrected chi connectivity index (χ3v) is 8.99. The van der Waals surface area contributed by atoms with Gasteiger partial charge in [-0.2, -0.15) is 0 Å². The van der Waals surface area contributed by atoms with Crippen molar-refractivity contribution in [1.29, 1.82) is 0 Å². The number of nitrogens with zero attached hydrogens (tertiary/aromatic N) is 9. The van der Waals surface area contributed by atoms with Crippen LogP contribution in [0.25, 0.3) is 6.08 Å². The number of carbonyl (C=O) groups excluding carboxylic acids is 6. The molecule has 1 aromatic heterocycles. The molecule has 0 spiro atoms. The summed E-state index contributed by atoms with van der Waals surface area (Å²) in [5, 5.41) is 45.8. The van der Waals surface area contributed by atoms with E-state index in [2.05, 4.69) is 35.6 Å². The number of primary amides is 1. The molecule has 3 aromatic rings. The van der Waals surface area contributed by atoms with Crippen LogP contribution in [0.3, 0.4) is 0 Å². The summed E-state index contributed by atoms with van der Waals surface area (Å²) in [7, 11) is 3.65. The highest BCUT2D eigenvalue weighted by Crippen LogP contribution is 2.31. The molecule has 72 heavy (non-hydrogen) atoms. The van der Waals surface area contributed by atoms with Gasteiger partial charge in [0.15, 0.2) is 23.8 Å². The van der Waals surface area contributed by atoms with Crippen LogP contribution in [-0.2, 0) is 28.8 Å². The Hall–Kier alpha value is -10.4. The third kappa shape index (κ3) is 16.7. The van der Waals surface area contributed by atoms with Crippen molar-refractivity contribution < 1.29 is 43.7 Å². The highest BCUT2D eigenvalue weighted by atomic mass is 16.6. The van der Waals surface area contributed by atoms with Crippen molar-refractivity contribution in [3.8, 4) is 0 Å². The van der Waals surface area contributed by atoms with Crippen molar-refractivity contribution in [2.45, 2.75) is 36.9 Å². The smallest absolute Gasteiger partial charge is 0.318 e. The molecule has 6 amide bonds. The van der Waals surface area contributed by atoms with Gasteiger partial charge in [0.25, 0.3) is 35.2 Å². The average molecular weight is 1010 g/mol. The topological polar surface area (TPSA) is 572 Å². The maximum absolute atomic E-state index is 14.2. The zero-order valence-electron chi connectivity index (χ0n) is 37.9. The largest absolute Gasteiger partial charge is 0.378 e. The number of aliphatic hydroxyl groups excluding tert-OH is 1. The van der Waals surface area contributed by atoms with Crippen LogP contribution in [0.4, 0.5) is 22.9 Å². The summed E-state index contributed by atoms with van der Waals surface area (Å²) in [6.45, 7) is -0.502.